The summed E-state index contributed by atoms with van der Waals surface area (Å²) in [4.78, 5) is 17.4. The van der Waals surface area contributed by atoms with Gasteiger partial charge in [-0.3, -0.25) is 4.90 Å². The Morgan fingerprint density at radius 3 is 2.96 bits per heavy atom. The van der Waals surface area contributed by atoms with Crippen LogP contribution in [-0.4, -0.2) is 45.2 Å². The average molecular weight is 374 g/mol. The SMILES string of the molecule is O=C1OC(COc2ccon2)CN1c1ccc(-n2cnc(CO)c2)c(F)c1. The number of aliphatic hydroxyl groups excluding tert-OH is 1. The molecule has 3 aromatic rings. The number of cyclic esters (lactones) is 1. The Morgan fingerprint density at radius 2 is 2.26 bits per heavy atom. The van der Waals surface area contributed by atoms with Crippen molar-refractivity contribution in [2.24, 2.45) is 0 Å². The van der Waals surface area contributed by atoms with Gasteiger partial charge in [-0.2, -0.15) is 0 Å². The van der Waals surface area contributed by atoms with E-state index in [4.69, 9.17) is 14.6 Å². The summed E-state index contributed by atoms with van der Waals surface area (Å²) in [6.45, 7) is 0.0909. The van der Waals surface area contributed by atoms with Gasteiger partial charge in [0, 0.05) is 12.3 Å². The molecule has 0 saturated carbocycles. The van der Waals surface area contributed by atoms with Gasteiger partial charge in [0.25, 0.3) is 5.88 Å². The van der Waals surface area contributed by atoms with Gasteiger partial charge >= 0.3 is 6.09 Å². The van der Waals surface area contributed by atoms with E-state index in [9.17, 15) is 9.18 Å². The summed E-state index contributed by atoms with van der Waals surface area (Å²) < 4.78 is 31.2. The lowest BCUT2D eigenvalue weighted by molar-refractivity contribution is 0.102. The first kappa shape index (κ1) is 17.0. The molecule has 4 rings (SSSR count). The Bertz CT molecular complexity index is 943. The molecule has 1 saturated heterocycles. The van der Waals surface area contributed by atoms with Crippen molar-refractivity contribution < 1.29 is 28.3 Å². The molecule has 0 aliphatic carbocycles. The van der Waals surface area contributed by atoms with Crippen molar-refractivity contribution in [2.75, 3.05) is 18.1 Å². The molecule has 1 aromatic carbocycles. The van der Waals surface area contributed by atoms with Gasteiger partial charge in [0.1, 0.15) is 18.7 Å². The van der Waals surface area contributed by atoms with Crippen LogP contribution in [0.5, 0.6) is 5.88 Å². The van der Waals surface area contributed by atoms with Crippen LogP contribution in [0.4, 0.5) is 14.9 Å². The second-order valence-electron chi connectivity index (χ2n) is 5.83. The zero-order valence-corrected chi connectivity index (χ0v) is 14.0. The van der Waals surface area contributed by atoms with E-state index >= 15 is 0 Å². The molecule has 2 aromatic heterocycles. The van der Waals surface area contributed by atoms with E-state index in [0.717, 1.165) is 0 Å². The molecule has 1 unspecified atom stereocenters. The minimum Gasteiger partial charge on any atom is -0.471 e. The molecular formula is C17H15FN4O5. The molecule has 10 heteroatoms. The summed E-state index contributed by atoms with van der Waals surface area (Å²) in [5.41, 5.74) is 1.05. The number of nitrogens with zero attached hydrogens (tertiary/aromatic N) is 4. The number of halogens is 1. The number of amides is 1. The van der Waals surface area contributed by atoms with Crippen LogP contribution in [0.15, 0.2) is 47.6 Å². The van der Waals surface area contributed by atoms with E-state index in [1.54, 1.807) is 12.1 Å². The average Bonchev–Trinajstić information content (AvgIpc) is 3.41. The van der Waals surface area contributed by atoms with E-state index in [1.807, 2.05) is 0 Å². The summed E-state index contributed by atoms with van der Waals surface area (Å²) in [5.74, 6) is -0.244. The molecule has 27 heavy (non-hydrogen) atoms. The number of carbonyl (C=O) groups is 1. The van der Waals surface area contributed by atoms with Crippen molar-refractivity contribution in [3.8, 4) is 11.6 Å². The number of hydrogen-bond acceptors (Lipinski definition) is 7. The summed E-state index contributed by atoms with van der Waals surface area (Å²) in [5, 5.41) is 12.7. The summed E-state index contributed by atoms with van der Waals surface area (Å²) >= 11 is 0. The summed E-state index contributed by atoms with van der Waals surface area (Å²) in [7, 11) is 0. The monoisotopic (exact) mass is 374 g/mol. The van der Waals surface area contributed by atoms with Crippen molar-refractivity contribution in [1.82, 2.24) is 14.7 Å². The molecule has 1 N–H and O–H groups in total. The molecule has 1 aliphatic rings. The largest absolute Gasteiger partial charge is 0.471 e. The first-order chi connectivity index (χ1) is 13.1. The fourth-order valence-electron chi connectivity index (χ4n) is 2.72. The third-order valence-electron chi connectivity index (χ3n) is 4.02. The fraction of sp³-hybridized carbons (Fsp3) is 0.235. The molecular weight excluding hydrogens is 359 g/mol. The lowest BCUT2D eigenvalue weighted by atomic mass is 10.2. The van der Waals surface area contributed by atoms with Gasteiger partial charge in [-0.25, -0.2) is 14.2 Å². The van der Waals surface area contributed by atoms with E-state index < -0.39 is 18.0 Å². The summed E-state index contributed by atoms with van der Waals surface area (Å²) in [6, 6.07) is 5.93. The second kappa shape index (κ2) is 7.08. The number of anilines is 1. The lowest BCUT2D eigenvalue weighted by Gasteiger charge is -2.14. The van der Waals surface area contributed by atoms with E-state index in [0.29, 0.717) is 17.3 Å². The van der Waals surface area contributed by atoms with Gasteiger partial charge in [-0.15, -0.1) is 0 Å². The van der Waals surface area contributed by atoms with Crippen molar-refractivity contribution >= 4 is 11.8 Å². The topological polar surface area (TPSA) is 103 Å². The molecule has 1 fully saturated rings. The van der Waals surface area contributed by atoms with Gasteiger partial charge in [0.05, 0.1) is 36.5 Å². The normalized spacial score (nSPS) is 16.6. The highest BCUT2D eigenvalue weighted by Crippen LogP contribution is 2.26. The third-order valence-corrected chi connectivity index (χ3v) is 4.02. The Labute approximate surface area is 152 Å². The number of imidazole rings is 1. The van der Waals surface area contributed by atoms with Gasteiger partial charge in [-0.05, 0) is 23.4 Å². The van der Waals surface area contributed by atoms with Crippen LogP contribution in [0.2, 0.25) is 0 Å². The maximum Gasteiger partial charge on any atom is 0.414 e. The number of carbonyl (C=O) groups excluding carboxylic acids is 1. The van der Waals surface area contributed by atoms with E-state index in [1.165, 1.54) is 40.4 Å². The molecule has 3 heterocycles. The van der Waals surface area contributed by atoms with E-state index in [2.05, 4.69) is 14.7 Å². The zero-order chi connectivity index (χ0) is 18.8. The first-order valence-electron chi connectivity index (χ1n) is 8.09. The summed E-state index contributed by atoms with van der Waals surface area (Å²) in [6.07, 6.45) is 3.21. The number of benzene rings is 1. The van der Waals surface area contributed by atoms with Gasteiger partial charge in [0.15, 0.2) is 6.10 Å². The van der Waals surface area contributed by atoms with E-state index in [-0.39, 0.29) is 25.4 Å². The Kier molecular flexibility index (Phi) is 4.47. The Hall–Kier alpha value is -3.40. The maximum absolute atomic E-state index is 14.5. The quantitative estimate of drug-likeness (QED) is 0.703. The second-order valence-corrected chi connectivity index (χ2v) is 5.83. The number of ether oxygens (including phenoxy) is 2. The number of aliphatic hydroxyl groups is 1. The molecule has 1 aliphatic heterocycles. The van der Waals surface area contributed by atoms with Gasteiger partial charge in [0.2, 0.25) is 0 Å². The fourth-order valence-corrected chi connectivity index (χ4v) is 2.72. The predicted molar refractivity (Wildman–Crippen MR) is 89.1 cm³/mol. The smallest absolute Gasteiger partial charge is 0.414 e. The molecule has 0 radical (unpaired) electrons. The van der Waals surface area contributed by atoms with Gasteiger partial charge < -0.3 is 23.7 Å². The molecule has 1 amide bonds. The van der Waals surface area contributed by atoms with Gasteiger partial charge in [-0.1, -0.05) is 0 Å². The highest BCUT2D eigenvalue weighted by atomic mass is 19.1. The minimum absolute atomic E-state index is 0.105. The molecule has 140 valence electrons. The maximum atomic E-state index is 14.5. The Morgan fingerprint density at radius 1 is 1.37 bits per heavy atom. The third kappa shape index (κ3) is 3.47. The minimum atomic E-state index is -0.582. The number of aromatic nitrogens is 3. The Balaban J connectivity index is 1.46. The number of rotatable bonds is 6. The van der Waals surface area contributed by atoms with Crippen molar-refractivity contribution in [2.45, 2.75) is 12.7 Å². The van der Waals surface area contributed by atoms with Crippen molar-refractivity contribution in [1.29, 1.82) is 0 Å². The molecule has 0 bridgehead atoms. The van der Waals surface area contributed by atoms with Crippen LogP contribution < -0.4 is 9.64 Å². The van der Waals surface area contributed by atoms with Crippen LogP contribution in [0, 0.1) is 5.82 Å². The first-order valence-corrected chi connectivity index (χ1v) is 8.09. The molecule has 0 spiro atoms. The van der Waals surface area contributed by atoms with Crippen LogP contribution in [0.1, 0.15) is 5.69 Å². The van der Waals surface area contributed by atoms with Crippen molar-refractivity contribution in [3.05, 3.63) is 54.6 Å². The molecule has 1 atom stereocenters. The molecule has 9 nitrogen and oxygen atoms in total. The predicted octanol–water partition coefficient (Wildman–Crippen LogP) is 1.90. The zero-order valence-electron chi connectivity index (χ0n) is 14.0. The van der Waals surface area contributed by atoms with Crippen molar-refractivity contribution in [3.63, 3.8) is 0 Å². The number of hydrogen-bond donors (Lipinski definition) is 1. The van der Waals surface area contributed by atoms with Crippen LogP contribution in [0.25, 0.3) is 5.69 Å². The van der Waals surface area contributed by atoms with Crippen LogP contribution >= 0.6 is 0 Å². The lowest BCUT2D eigenvalue weighted by Crippen LogP contribution is -2.26. The standard InChI is InChI=1S/C17H15FN4O5/c18-14-5-12(1-2-15(14)21-6-11(8-23)19-10-21)22-7-13(27-17(22)24)9-25-16-3-4-26-20-16/h1-6,10,13,23H,7-9H2. The van der Waals surface area contributed by atoms with Crippen LogP contribution in [0.3, 0.4) is 0 Å². The highest BCUT2D eigenvalue weighted by molar-refractivity contribution is 5.89. The highest BCUT2D eigenvalue weighted by Gasteiger charge is 2.33. The van der Waals surface area contributed by atoms with Crippen LogP contribution in [-0.2, 0) is 11.3 Å².